The number of nitrogens with two attached hydrogens (primary N) is 1. The molecule has 1 aliphatic carbocycles. The van der Waals surface area contributed by atoms with Crippen molar-refractivity contribution in [2.24, 2.45) is 23.0 Å². The van der Waals surface area contributed by atoms with Gasteiger partial charge in [0.05, 0.1) is 18.1 Å². The lowest BCUT2D eigenvalue weighted by molar-refractivity contribution is -0.126. The quantitative estimate of drug-likeness (QED) is 0.797. The molecule has 4 heteroatoms. The molecule has 0 aromatic heterocycles. The molecule has 1 amide bonds. The summed E-state index contributed by atoms with van der Waals surface area (Å²) in [7, 11) is 0. The summed E-state index contributed by atoms with van der Waals surface area (Å²) >= 11 is 0. The van der Waals surface area contributed by atoms with E-state index in [1.807, 2.05) is 0 Å². The van der Waals surface area contributed by atoms with E-state index >= 15 is 0 Å². The maximum atomic E-state index is 12.3. The Morgan fingerprint density at radius 3 is 2.58 bits per heavy atom. The van der Waals surface area contributed by atoms with Crippen LogP contribution in [0.4, 0.5) is 0 Å². The lowest BCUT2D eigenvalue weighted by atomic mass is 9.84. The standard InChI is InChI=1S/C15H28N2O2/c1-15(2,3)8-11(9-16)14(18)17-12-6-7-19-13(12)10-4-5-10/h10-13H,4-9,16H2,1-3H3,(H,17,18). The minimum Gasteiger partial charge on any atom is -0.376 e. The molecule has 1 saturated carbocycles. The van der Waals surface area contributed by atoms with Crippen LogP contribution < -0.4 is 11.1 Å². The van der Waals surface area contributed by atoms with E-state index in [9.17, 15) is 4.79 Å². The van der Waals surface area contributed by atoms with Crippen molar-refractivity contribution < 1.29 is 9.53 Å². The number of ether oxygens (including phenoxy) is 1. The van der Waals surface area contributed by atoms with Crippen molar-refractivity contribution in [1.82, 2.24) is 5.32 Å². The van der Waals surface area contributed by atoms with Crippen LogP contribution in [0.2, 0.25) is 0 Å². The third-order valence-corrected chi connectivity index (χ3v) is 4.06. The van der Waals surface area contributed by atoms with Crippen LogP contribution in [0, 0.1) is 17.3 Å². The van der Waals surface area contributed by atoms with E-state index in [-0.39, 0.29) is 29.4 Å². The molecule has 2 fully saturated rings. The van der Waals surface area contributed by atoms with Crippen LogP contribution in [0.5, 0.6) is 0 Å². The van der Waals surface area contributed by atoms with Crippen molar-refractivity contribution in [2.75, 3.05) is 13.2 Å². The van der Waals surface area contributed by atoms with Crippen LogP contribution >= 0.6 is 0 Å². The van der Waals surface area contributed by atoms with E-state index in [0.29, 0.717) is 12.5 Å². The summed E-state index contributed by atoms with van der Waals surface area (Å²) < 4.78 is 5.76. The summed E-state index contributed by atoms with van der Waals surface area (Å²) in [5, 5.41) is 3.18. The van der Waals surface area contributed by atoms with Crippen molar-refractivity contribution in [1.29, 1.82) is 0 Å². The van der Waals surface area contributed by atoms with Gasteiger partial charge in [-0.1, -0.05) is 20.8 Å². The van der Waals surface area contributed by atoms with E-state index in [4.69, 9.17) is 10.5 Å². The summed E-state index contributed by atoms with van der Waals surface area (Å²) in [6.07, 6.45) is 4.52. The van der Waals surface area contributed by atoms with Crippen LogP contribution in [0.25, 0.3) is 0 Å². The van der Waals surface area contributed by atoms with Gasteiger partial charge in [0.15, 0.2) is 0 Å². The van der Waals surface area contributed by atoms with Crippen molar-refractivity contribution in [3.05, 3.63) is 0 Å². The second-order valence-corrected chi connectivity index (χ2v) is 7.27. The molecule has 1 aliphatic heterocycles. The summed E-state index contributed by atoms with van der Waals surface area (Å²) in [5.41, 5.74) is 5.90. The first-order chi connectivity index (χ1) is 8.90. The van der Waals surface area contributed by atoms with Crippen molar-refractivity contribution in [2.45, 2.75) is 58.6 Å². The first-order valence-electron chi connectivity index (χ1n) is 7.53. The number of rotatable bonds is 5. The lowest BCUT2D eigenvalue weighted by Crippen LogP contribution is -2.46. The molecule has 4 nitrogen and oxygen atoms in total. The molecular weight excluding hydrogens is 240 g/mol. The molecule has 110 valence electrons. The maximum absolute atomic E-state index is 12.3. The Labute approximate surface area is 116 Å². The van der Waals surface area contributed by atoms with Gasteiger partial charge < -0.3 is 15.8 Å². The molecule has 0 spiro atoms. The Hall–Kier alpha value is -0.610. The fourth-order valence-electron chi connectivity index (χ4n) is 2.98. The average Bonchev–Trinajstić information content (AvgIpc) is 3.06. The highest BCUT2D eigenvalue weighted by Crippen LogP contribution is 2.38. The van der Waals surface area contributed by atoms with E-state index in [2.05, 4.69) is 26.1 Å². The number of nitrogens with one attached hydrogen (secondary N) is 1. The van der Waals surface area contributed by atoms with Gasteiger partial charge in [0.1, 0.15) is 0 Å². The average molecular weight is 268 g/mol. The van der Waals surface area contributed by atoms with E-state index < -0.39 is 0 Å². The normalized spacial score (nSPS) is 29.3. The van der Waals surface area contributed by atoms with Gasteiger partial charge in [-0.25, -0.2) is 0 Å². The first kappa shape index (κ1) is 14.8. The van der Waals surface area contributed by atoms with Crippen LogP contribution in [0.3, 0.4) is 0 Å². The van der Waals surface area contributed by atoms with Crippen LogP contribution in [-0.4, -0.2) is 31.2 Å². The third kappa shape index (κ3) is 4.18. The molecule has 2 aliphatic rings. The predicted molar refractivity (Wildman–Crippen MR) is 75.6 cm³/mol. The van der Waals surface area contributed by atoms with Crippen LogP contribution in [0.1, 0.15) is 46.5 Å². The molecule has 19 heavy (non-hydrogen) atoms. The molecule has 1 heterocycles. The second-order valence-electron chi connectivity index (χ2n) is 7.27. The topological polar surface area (TPSA) is 64.4 Å². The summed E-state index contributed by atoms with van der Waals surface area (Å²) in [5.74, 6) is 0.700. The summed E-state index contributed by atoms with van der Waals surface area (Å²) in [4.78, 5) is 12.3. The van der Waals surface area contributed by atoms with Gasteiger partial charge in [0, 0.05) is 13.2 Å². The molecule has 0 bridgehead atoms. The predicted octanol–water partition coefficient (Wildman–Crippen LogP) is 1.68. The third-order valence-electron chi connectivity index (χ3n) is 4.06. The van der Waals surface area contributed by atoms with Gasteiger partial charge >= 0.3 is 0 Å². The van der Waals surface area contributed by atoms with E-state index in [0.717, 1.165) is 19.4 Å². The summed E-state index contributed by atoms with van der Waals surface area (Å²) in [6.45, 7) is 7.64. The molecular formula is C15H28N2O2. The molecule has 0 aromatic rings. The van der Waals surface area contributed by atoms with Gasteiger partial charge in [-0.2, -0.15) is 0 Å². The number of carbonyl (C=O) groups is 1. The molecule has 1 saturated heterocycles. The Morgan fingerprint density at radius 2 is 2.05 bits per heavy atom. The highest BCUT2D eigenvalue weighted by molar-refractivity contribution is 5.79. The van der Waals surface area contributed by atoms with Crippen molar-refractivity contribution in [3.8, 4) is 0 Å². The molecule has 3 unspecified atom stereocenters. The monoisotopic (exact) mass is 268 g/mol. The molecule has 0 aromatic carbocycles. The Morgan fingerprint density at radius 1 is 1.37 bits per heavy atom. The Balaban J connectivity index is 1.87. The molecule has 0 radical (unpaired) electrons. The zero-order valence-corrected chi connectivity index (χ0v) is 12.4. The minimum atomic E-state index is -0.0829. The second kappa shape index (κ2) is 5.80. The van der Waals surface area contributed by atoms with E-state index in [1.54, 1.807) is 0 Å². The van der Waals surface area contributed by atoms with E-state index in [1.165, 1.54) is 12.8 Å². The SMILES string of the molecule is CC(C)(C)CC(CN)C(=O)NC1CCOC1C1CC1. The first-order valence-corrected chi connectivity index (χ1v) is 7.53. The highest BCUT2D eigenvalue weighted by Gasteiger charge is 2.41. The maximum Gasteiger partial charge on any atom is 0.224 e. The molecule has 3 N–H and O–H groups in total. The number of amides is 1. The van der Waals surface area contributed by atoms with Crippen LogP contribution in [-0.2, 0) is 9.53 Å². The van der Waals surface area contributed by atoms with Gasteiger partial charge in [0.25, 0.3) is 0 Å². The fraction of sp³-hybridized carbons (Fsp3) is 0.933. The smallest absolute Gasteiger partial charge is 0.224 e. The number of hydrogen-bond acceptors (Lipinski definition) is 3. The summed E-state index contributed by atoms with van der Waals surface area (Å²) in [6, 6.07) is 0.203. The zero-order chi connectivity index (χ0) is 14.0. The molecule has 2 rings (SSSR count). The lowest BCUT2D eigenvalue weighted by Gasteiger charge is -2.27. The Kier molecular flexibility index (Phi) is 4.51. The fourth-order valence-corrected chi connectivity index (χ4v) is 2.98. The van der Waals surface area contributed by atoms with Crippen molar-refractivity contribution in [3.63, 3.8) is 0 Å². The largest absolute Gasteiger partial charge is 0.376 e. The van der Waals surface area contributed by atoms with Gasteiger partial charge in [0.2, 0.25) is 5.91 Å². The van der Waals surface area contributed by atoms with Gasteiger partial charge in [-0.3, -0.25) is 4.79 Å². The van der Waals surface area contributed by atoms with Gasteiger partial charge in [-0.05, 0) is 37.0 Å². The highest BCUT2D eigenvalue weighted by atomic mass is 16.5. The van der Waals surface area contributed by atoms with Gasteiger partial charge in [-0.15, -0.1) is 0 Å². The number of hydrogen-bond donors (Lipinski definition) is 2. The Bertz CT molecular complexity index is 321. The van der Waals surface area contributed by atoms with Crippen LogP contribution in [0.15, 0.2) is 0 Å². The molecule has 3 atom stereocenters. The van der Waals surface area contributed by atoms with Crippen molar-refractivity contribution >= 4 is 5.91 Å². The number of carbonyl (C=O) groups excluding carboxylic acids is 1. The zero-order valence-electron chi connectivity index (χ0n) is 12.4. The minimum absolute atomic E-state index is 0.0829.